The maximum atomic E-state index is 13.0. The molecule has 13 heteroatoms. The Morgan fingerprint density at radius 2 is 1.84 bits per heavy atom. The lowest BCUT2D eigenvalue weighted by atomic mass is 10.1. The van der Waals surface area contributed by atoms with Crippen molar-refractivity contribution in [2.75, 3.05) is 86.2 Å². The molecule has 0 unspecified atom stereocenters. The molecule has 3 aromatic rings. The predicted octanol–water partition coefficient (Wildman–Crippen LogP) is 4.49. The Balaban J connectivity index is 1.50. The summed E-state index contributed by atoms with van der Waals surface area (Å²) < 4.78 is 44.6. The number of nitrogens with one attached hydrogen (secondary N) is 2. The Hall–Kier alpha value is -4.23. The molecule has 2 aliphatic rings. The zero-order chi connectivity index (χ0) is 31.4. The van der Waals surface area contributed by atoms with Crippen LogP contribution in [0, 0.1) is 0 Å². The number of piperazine rings is 1. The fourth-order valence-electron chi connectivity index (χ4n) is 5.30. The van der Waals surface area contributed by atoms with Crippen molar-refractivity contribution >= 4 is 50.6 Å². The van der Waals surface area contributed by atoms with Crippen LogP contribution in [0.5, 0.6) is 17.2 Å². The van der Waals surface area contributed by atoms with Crippen LogP contribution in [0.25, 0.3) is 6.08 Å². The third kappa shape index (κ3) is 6.34. The summed E-state index contributed by atoms with van der Waals surface area (Å²) in [5, 5.41) is 6.64. The molecule has 0 atom stereocenters. The number of anilines is 6. The number of aryl methyl sites for hydroxylation is 1. The van der Waals surface area contributed by atoms with E-state index in [4.69, 9.17) is 19.2 Å². The highest BCUT2D eigenvalue weighted by molar-refractivity contribution is 7.92. The highest BCUT2D eigenvalue weighted by Crippen LogP contribution is 2.46. The first kappa shape index (κ1) is 31.2. The molecular weight excluding hydrogens is 582 g/mol. The van der Waals surface area contributed by atoms with Crippen LogP contribution in [0.1, 0.15) is 25.0 Å². The van der Waals surface area contributed by atoms with E-state index in [1.807, 2.05) is 0 Å². The lowest BCUT2D eigenvalue weighted by molar-refractivity contribution is 0.172. The van der Waals surface area contributed by atoms with Gasteiger partial charge in [0.2, 0.25) is 16.0 Å². The summed E-state index contributed by atoms with van der Waals surface area (Å²) in [5.41, 5.74) is 4.55. The summed E-state index contributed by atoms with van der Waals surface area (Å²) in [7, 11) is 1.68. The van der Waals surface area contributed by atoms with Gasteiger partial charge in [0.1, 0.15) is 30.5 Å². The van der Waals surface area contributed by atoms with Crippen LogP contribution in [0.15, 0.2) is 37.0 Å². The van der Waals surface area contributed by atoms with Crippen LogP contribution >= 0.6 is 0 Å². The molecule has 1 aromatic heterocycles. The van der Waals surface area contributed by atoms with Gasteiger partial charge in [-0.1, -0.05) is 19.6 Å². The molecule has 2 aromatic carbocycles. The minimum Gasteiger partial charge on any atom is -0.494 e. The summed E-state index contributed by atoms with van der Waals surface area (Å²) in [6.45, 7) is 12.3. The first-order valence-corrected chi connectivity index (χ1v) is 16.4. The van der Waals surface area contributed by atoms with Gasteiger partial charge in [0.25, 0.3) is 0 Å². The number of likely N-dealkylation sites (N-methyl/N-ethyl adjacent to an activating group) is 1. The maximum absolute atomic E-state index is 13.0. The van der Waals surface area contributed by atoms with E-state index in [9.17, 15) is 8.42 Å². The van der Waals surface area contributed by atoms with E-state index in [2.05, 4.69) is 58.1 Å². The van der Waals surface area contributed by atoms with Gasteiger partial charge >= 0.3 is 0 Å². The monoisotopic (exact) mass is 623 g/mol. The molecule has 0 spiro atoms. The first-order valence-electron chi connectivity index (χ1n) is 14.8. The van der Waals surface area contributed by atoms with Gasteiger partial charge < -0.3 is 34.6 Å². The normalized spacial score (nSPS) is 15.1. The lowest BCUT2D eigenvalue weighted by Crippen LogP contribution is -2.44. The summed E-state index contributed by atoms with van der Waals surface area (Å²) in [5.74, 6) is 2.19. The van der Waals surface area contributed by atoms with Gasteiger partial charge in [0.05, 0.1) is 24.2 Å². The van der Waals surface area contributed by atoms with Crippen molar-refractivity contribution in [2.45, 2.75) is 20.3 Å². The van der Waals surface area contributed by atoms with Crippen molar-refractivity contribution in [3.05, 3.63) is 48.2 Å². The van der Waals surface area contributed by atoms with Crippen LogP contribution in [0.3, 0.4) is 0 Å². The standard InChI is InChI=1S/C31H41N7O5S/c1-7-21-18-24(27(41-6)19-25(21)38-14-12-36(4)13-15-38)34-31-32-20-22(8-2)30(35-31)33-23-10-11-26-29(43-17-16-42-26)28(23)37(5)44(39,40)9-3/h8,10-11,18-20H,2,7,9,12-17H2,1,3-6H3,(H2,32,33,34,35). The average molecular weight is 624 g/mol. The Bertz CT molecular complexity index is 1620. The molecule has 3 heterocycles. The number of rotatable bonds is 11. The molecule has 236 valence electrons. The van der Waals surface area contributed by atoms with Crippen molar-refractivity contribution in [3.8, 4) is 17.2 Å². The second-order valence-electron chi connectivity index (χ2n) is 10.6. The number of fused-ring (bicyclic) bond motifs is 1. The van der Waals surface area contributed by atoms with E-state index in [1.54, 1.807) is 38.4 Å². The van der Waals surface area contributed by atoms with Crippen molar-refractivity contribution in [1.82, 2.24) is 14.9 Å². The molecule has 0 saturated carbocycles. The minimum atomic E-state index is -3.62. The third-order valence-corrected chi connectivity index (χ3v) is 9.69. The number of benzene rings is 2. The van der Waals surface area contributed by atoms with Crippen LogP contribution < -0.4 is 34.0 Å². The van der Waals surface area contributed by atoms with Gasteiger partial charge in [0, 0.05) is 56.7 Å². The molecule has 2 N–H and O–H groups in total. The maximum Gasteiger partial charge on any atom is 0.234 e. The lowest BCUT2D eigenvalue weighted by Gasteiger charge is -2.35. The highest BCUT2D eigenvalue weighted by Gasteiger charge is 2.28. The molecule has 12 nitrogen and oxygen atoms in total. The third-order valence-electron chi connectivity index (χ3n) is 7.94. The van der Waals surface area contributed by atoms with Crippen molar-refractivity contribution < 1.29 is 22.6 Å². The summed E-state index contributed by atoms with van der Waals surface area (Å²) >= 11 is 0. The predicted molar refractivity (Wildman–Crippen MR) is 176 cm³/mol. The van der Waals surface area contributed by atoms with Crippen molar-refractivity contribution in [2.24, 2.45) is 0 Å². The molecule has 0 aliphatic carbocycles. The fraction of sp³-hybridized carbons (Fsp3) is 0.419. The Labute approximate surface area is 259 Å². The number of hydrogen-bond donors (Lipinski definition) is 2. The molecule has 0 bridgehead atoms. The molecule has 5 rings (SSSR count). The van der Waals surface area contributed by atoms with Gasteiger partial charge in [-0.05, 0) is 44.2 Å². The van der Waals surface area contributed by atoms with Crippen LogP contribution in [-0.2, 0) is 16.4 Å². The first-order chi connectivity index (χ1) is 21.2. The van der Waals surface area contributed by atoms with E-state index in [0.29, 0.717) is 59.2 Å². The van der Waals surface area contributed by atoms with Gasteiger partial charge in [-0.2, -0.15) is 4.98 Å². The molecule has 1 fully saturated rings. The molecular formula is C31H41N7O5S. The fourth-order valence-corrected chi connectivity index (χ4v) is 6.15. The number of ether oxygens (including phenoxy) is 3. The Kier molecular flexibility index (Phi) is 9.35. The van der Waals surface area contributed by atoms with Gasteiger partial charge in [0.15, 0.2) is 11.5 Å². The van der Waals surface area contributed by atoms with E-state index in [1.165, 1.54) is 22.6 Å². The quantitative estimate of drug-likeness (QED) is 0.314. The second-order valence-corrected chi connectivity index (χ2v) is 12.9. The van der Waals surface area contributed by atoms with E-state index < -0.39 is 10.0 Å². The van der Waals surface area contributed by atoms with Crippen LogP contribution in [0.2, 0.25) is 0 Å². The number of methoxy groups -OCH3 is 1. The number of aromatic nitrogens is 2. The Morgan fingerprint density at radius 1 is 1.09 bits per heavy atom. The summed E-state index contributed by atoms with van der Waals surface area (Å²) in [6.07, 6.45) is 4.14. The SMILES string of the molecule is C=Cc1cnc(Nc2cc(CC)c(N3CCN(C)CC3)cc2OC)nc1Nc1ccc2c(c1N(C)S(=O)(=O)CC)OCCO2. The zero-order valence-electron chi connectivity index (χ0n) is 26.0. The highest BCUT2D eigenvalue weighted by atomic mass is 32.2. The van der Waals surface area contributed by atoms with E-state index in [0.717, 1.165) is 38.3 Å². The molecule has 1 saturated heterocycles. The minimum absolute atomic E-state index is 0.0812. The van der Waals surface area contributed by atoms with Gasteiger partial charge in [-0.25, -0.2) is 13.4 Å². The summed E-state index contributed by atoms with van der Waals surface area (Å²) in [6, 6.07) is 7.67. The van der Waals surface area contributed by atoms with Gasteiger partial charge in [-0.3, -0.25) is 4.31 Å². The number of nitrogens with zero attached hydrogens (tertiary/aromatic N) is 5. The molecule has 0 amide bonds. The largest absolute Gasteiger partial charge is 0.494 e. The van der Waals surface area contributed by atoms with E-state index >= 15 is 0 Å². The number of hydrogen-bond acceptors (Lipinski definition) is 11. The van der Waals surface area contributed by atoms with Crippen LogP contribution in [0.4, 0.5) is 34.5 Å². The van der Waals surface area contributed by atoms with Crippen molar-refractivity contribution in [1.29, 1.82) is 0 Å². The molecule has 2 aliphatic heterocycles. The number of sulfonamides is 1. The zero-order valence-corrected chi connectivity index (χ0v) is 26.8. The van der Waals surface area contributed by atoms with Gasteiger partial charge in [-0.15, -0.1) is 0 Å². The topological polar surface area (TPSA) is 121 Å². The van der Waals surface area contributed by atoms with E-state index in [-0.39, 0.29) is 5.75 Å². The molecule has 44 heavy (non-hydrogen) atoms. The van der Waals surface area contributed by atoms with Crippen molar-refractivity contribution in [3.63, 3.8) is 0 Å². The smallest absolute Gasteiger partial charge is 0.234 e. The Morgan fingerprint density at radius 3 is 2.52 bits per heavy atom. The second kappa shape index (κ2) is 13.2. The average Bonchev–Trinajstić information content (AvgIpc) is 3.04. The molecule has 0 radical (unpaired) electrons. The van der Waals surface area contributed by atoms with Crippen LogP contribution in [-0.4, -0.2) is 89.6 Å². The summed E-state index contributed by atoms with van der Waals surface area (Å²) in [4.78, 5) is 14.0.